The average Bonchev–Trinajstić information content (AvgIpc) is 2.98. The standard InChI is InChI=1S/C15H16ClNS/c1-10(15-3-2-8-18-15)17-14-7-4-11-9-12(16)5-6-13(11)14/h2-3,5-6,8-10,14,17H,4,7H2,1H3. The van der Waals surface area contributed by atoms with Crippen molar-refractivity contribution < 1.29 is 0 Å². The normalized spacial score (nSPS) is 19.8. The number of thiophene rings is 1. The van der Waals surface area contributed by atoms with Crippen LogP contribution in [0.1, 0.15) is 41.4 Å². The highest BCUT2D eigenvalue weighted by Crippen LogP contribution is 2.34. The Kier molecular flexibility index (Phi) is 3.42. The maximum atomic E-state index is 6.04. The van der Waals surface area contributed by atoms with E-state index in [-0.39, 0.29) is 0 Å². The highest BCUT2D eigenvalue weighted by atomic mass is 35.5. The lowest BCUT2D eigenvalue weighted by Gasteiger charge is -2.19. The van der Waals surface area contributed by atoms with Crippen molar-refractivity contribution in [1.82, 2.24) is 5.32 Å². The zero-order valence-electron chi connectivity index (χ0n) is 10.3. The van der Waals surface area contributed by atoms with Crippen LogP contribution in [0, 0.1) is 0 Å². The van der Waals surface area contributed by atoms with Gasteiger partial charge in [-0.25, -0.2) is 0 Å². The van der Waals surface area contributed by atoms with Gasteiger partial charge in [-0.3, -0.25) is 0 Å². The molecule has 0 saturated carbocycles. The van der Waals surface area contributed by atoms with Crippen molar-refractivity contribution in [3.05, 3.63) is 56.7 Å². The summed E-state index contributed by atoms with van der Waals surface area (Å²) in [6.45, 7) is 2.24. The van der Waals surface area contributed by atoms with Crippen molar-refractivity contribution in [2.75, 3.05) is 0 Å². The number of hydrogen-bond acceptors (Lipinski definition) is 2. The average molecular weight is 278 g/mol. The van der Waals surface area contributed by atoms with Crippen LogP contribution in [-0.4, -0.2) is 0 Å². The summed E-state index contributed by atoms with van der Waals surface area (Å²) in [5.74, 6) is 0. The van der Waals surface area contributed by atoms with Crippen LogP contribution < -0.4 is 5.32 Å². The Morgan fingerprint density at radius 3 is 3.06 bits per heavy atom. The first-order valence-electron chi connectivity index (χ1n) is 6.32. The molecular weight excluding hydrogens is 262 g/mol. The molecule has 1 aliphatic rings. The van der Waals surface area contributed by atoms with Gasteiger partial charge in [0.05, 0.1) is 0 Å². The van der Waals surface area contributed by atoms with E-state index in [0.29, 0.717) is 12.1 Å². The fourth-order valence-electron chi connectivity index (χ4n) is 2.68. The van der Waals surface area contributed by atoms with Gasteiger partial charge in [0.15, 0.2) is 0 Å². The Hall–Kier alpha value is -0.830. The Balaban J connectivity index is 1.77. The van der Waals surface area contributed by atoms with Crippen molar-refractivity contribution in [3.8, 4) is 0 Å². The lowest BCUT2D eigenvalue weighted by molar-refractivity contribution is 0.469. The van der Waals surface area contributed by atoms with Crippen LogP contribution in [0.25, 0.3) is 0 Å². The van der Waals surface area contributed by atoms with E-state index in [1.54, 1.807) is 0 Å². The maximum Gasteiger partial charge on any atom is 0.0408 e. The fourth-order valence-corrected chi connectivity index (χ4v) is 3.62. The van der Waals surface area contributed by atoms with Crippen molar-refractivity contribution in [1.29, 1.82) is 0 Å². The topological polar surface area (TPSA) is 12.0 Å². The van der Waals surface area contributed by atoms with Crippen molar-refractivity contribution in [2.45, 2.75) is 31.8 Å². The molecule has 0 fully saturated rings. The number of aryl methyl sites for hydroxylation is 1. The molecular formula is C15H16ClNS. The Bertz CT molecular complexity index is 535. The van der Waals surface area contributed by atoms with Crippen molar-refractivity contribution in [3.63, 3.8) is 0 Å². The summed E-state index contributed by atoms with van der Waals surface area (Å²) in [6, 6.07) is 11.5. The van der Waals surface area contributed by atoms with Gasteiger partial charge in [-0.15, -0.1) is 11.3 Å². The Labute approximate surface area is 117 Å². The van der Waals surface area contributed by atoms with Crippen LogP contribution in [0.3, 0.4) is 0 Å². The van der Waals surface area contributed by atoms with Gasteiger partial charge in [0.25, 0.3) is 0 Å². The molecule has 1 nitrogen and oxygen atoms in total. The molecule has 0 saturated heterocycles. The smallest absolute Gasteiger partial charge is 0.0408 e. The number of hydrogen-bond donors (Lipinski definition) is 1. The van der Waals surface area contributed by atoms with Crippen LogP contribution in [-0.2, 0) is 6.42 Å². The predicted octanol–water partition coefficient (Wildman–Crippen LogP) is 4.74. The molecule has 18 heavy (non-hydrogen) atoms. The molecule has 3 rings (SSSR count). The van der Waals surface area contributed by atoms with Gasteiger partial charge < -0.3 is 5.32 Å². The van der Waals surface area contributed by atoms with Crippen LogP contribution in [0.5, 0.6) is 0 Å². The number of rotatable bonds is 3. The summed E-state index contributed by atoms with van der Waals surface area (Å²) >= 11 is 7.85. The number of halogens is 1. The summed E-state index contributed by atoms with van der Waals surface area (Å²) in [5.41, 5.74) is 2.82. The number of benzene rings is 1. The summed E-state index contributed by atoms with van der Waals surface area (Å²) in [5, 5.41) is 6.71. The van der Waals surface area contributed by atoms with Gasteiger partial charge in [0, 0.05) is 22.0 Å². The lowest BCUT2D eigenvalue weighted by atomic mass is 10.1. The third-order valence-electron chi connectivity index (χ3n) is 3.60. The van der Waals surface area contributed by atoms with E-state index in [1.165, 1.54) is 22.4 Å². The predicted molar refractivity (Wildman–Crippen MR) is 78.4 cm³/mol. The highest BCUT2D eigenvalue weighted by Gasteiger charge is 2.24. The van der Waals surface area contributed by atoms with E-state index in [0.717, 1.165) is 11.4 Å². The molecule has 0 amide bonds. The number of nitrogens with one attached hydrogen (secondary N) is 1. The van der Waals surface area contributed by atoms with E-state index in [4.69, 9.17) is 11.6 Å². The molecule has 0 radical (unpaired) electrons. The van der Waals surface area contributed by atoms with E-state index >= 15 is 0 Å². The minimum absolute atomic E-state index is 0.414. The zero-order chi connectivity index (χ0) is 12.5. The van der Waals surface area contributed by atoms with Gasteiger partial charge in [0.1, 0.15) is 0 Å². The first kappa shape index (κ1) is 12.2. The maximum absolute atomic E-state index is 6.04. The van der Waals surface area contributed by atoms with Crippen LogP contribution in [0.4, 0.5) is 0 Å². The first-order chi connectivity index (χ1) is 8.74. The molecule has 0 aliphatic heterocycles. The van der Waals surface area contributed by atoms with E-state index < -0.39 is 0 Å². The monoisotopic (exact) mass is 277 g/mol. The molecule has 1 aliphatic carbocycles. The molecule has 3 heteroatoms. The molecule has 1 heterocycles. The second-order valence-corrected chi connectivity index (χ2v) is 6.25. The second-order valence-electron chi connectivity index (χ2n) is 4.84. The molecule has 0 bridgehead atoms. The van der Waals surface area contributed by atoms with E-state index in [1.807, 2.05) is 17.4 Å². The minimum Gasteiger partial charge on any atom is -0.303 e. The summed E-state index contributed by atoms with van der Waals surface area (Å²) < 4.78 is 0. The third kappa shape index (κ3) is 2.33. The van der Waals surface area contributed by atoms with Gasteiger partial charge in [-0.1, -0.05) is 23.7 Å². The van der Waals surface area contributed by atoms with Crippen molar-refractivity contribution >= 4 is 22.9 Å². The minimum atomic E-state index is 0.414. The number of fused-ring (bicyclic) bond motifs is 1. The second kappa shape index (κ2) is 5.04. The molecule has 2 aromatic rings. The molecule has 2 unspecified atom stereocenters. The summed E-state index contributed by atoms with van der Waals surface area (Å²) in [7, 11) is 0. The quantitative estimate of drug-likeness (QED) is 0.854. The molecule has 94 valence electrons. The SMILES string of the molecule is CC(NC1CCc2cc(Cl)ccc21)c1cccs1. The van der Waals surface area contributed by atoms with Crippen LogP contribution in [0.15, 0.2) is 35.7 Å². The summed E-state index contributed by atoms with van der Waals surface area (Å²) in [4.78, 5) is 1.40. The Morgan fingerprint density at radius 1 is 1.39 bits per heavy atom. The van der Waals surface area contributed by atoms with Crippen LogP contribution >= 0.6 is 22.9 Å². The molecule has 1 aromatic carbocycles. The highest BCUT2D eigenvalue weighted by molar-refractivity contribution is 7.10. The van der Waals surface area contributed by atoms with E-state index in [9.17, 15) is 0 Å². The van der Waals surface area contributed by atoms with Gasteiger partial charge in [-0.2, -0.15) is 0 Å². The van der Waals surface area contributed by atoms with Gasteiger partial charge >= 0.3 is 0 Å². The molecule has 0 spiro atoms. The largest absolute Gasteiger partial charge is 0.303 e. The fraction of sp³-hybridized carbons (Fsp3) is 0.333. The van der Waals surface area contributed by atoms with E-state index in [2.05, 4.69) is 41.9 Å². The van der Waals surface area contributed by atoms with Crippen molar-refractivity contribution in [2.24, 2.45) is 0 Å². The summed E-state index contributed by atoms with van der Waals surface area (Å²) in [6.07, 6.45) is 2.30. The third-order valence-corrected chi connectivity index (χ3v) is 4.89. The molecule has 1 N–H and O–H groups in total. The lowest BCUT2D eigenvalue weighted by Crippen LogP contribution is -2.22. The molecule has 2 atom stereocenters. The Morgan fingerprint density at radius 2 is 2.28 bits per heavy atom. The van der Waals surface area contributed by atoms with Gasteiger partial charge in [0.2, 0.25) is 0 Å². The first-order valence-corrected chi connectivity index (χ1v) is 7.57. The van der Waals surface area contributed by atoms with Crippen LogP contribution in [0.2, 0.25) is 5.02 Å². The van der Waals surface area contributed by atoms with Gasteiger partial charge in [-0.05, 0) is 54.5 Å². The zero-order valence-corrected chi connectivity index (χ0v) is 11.9. The molecule has 1 aromatic heterocycles.